The number of aryl methyl sites for hydroxylation is 2. The van der Waals surface area contributed by atoms with Crippen LogP contribution in [0.1, 0.15) is 55.0 Å². The van der Waals surface area contributed by atoms with Gasteiger partial charge in [0.1, 0.15) is 0 Å². The number of nitrogens with one attached hydrogen (secondary N) is 2. The van der Waals surface area contributed by atoms with Crippen LogP contribution in [0.15, 0.2) is 30.3 Å². The lowest BCUT2D eigenvalue weighted by molar-refractivity contribution is 0.490. The second kappa shape index (κ2) is 7.48. The van der Waals surface area contributed by atoms with Crippen molar-refractivity contribution in [1.29, 1.82) is 0 Å². The molecule has 0 amide bonds. The fourth-order valence-corrected chi connectivity index (χ4v) is 3.57. The maximum atomic E-state index is 14.6. The molecule has 3 aromatic rings. The van der Waals surface area contributed by atoms with E-state index in [0.29, 0.717) is 11.1 Å². The molecule has 0 aliphatic heterocycles. The van der Waals surface area contributed by atoms with Crippen molar-refractivity contribution in [3.63, 3.8) is 0 Å². The molecule has 0 aliphatic rings. The van der Waals surface area contributed by atoms with E-state index in [1.165, 1.54) is 5.56 Å². The van der Waals surface area contributed by atoms with E-state index in [0.717, 1.165) is 41.5 Å². The molecular formula is C22H26F2N2. The van der Waals surface area contributed by atoms with Crippen molar-refractivity contribution in [3.05, 3.63) is 64.4 Å². The lowest BCUT2D eigenvalue weighted by Crippen LogP contribution is -2.05. The molecule has 26 heavy (non-hydrogen) atoms. The summed E-state index contributed by atoms with van der Waals surface area (Å²) in [5, 5.41) is 4.32. The number of hydrogen-bond acceptors (Lipinski definition) is 1. The van der Waals surface area contributed by atoms with Crippen LogP contribution < -0.4 is 5.32 Å². The van der Waals surface area contributed by atoms with Gasteiger partial charge in [-0.3, -0.25) is 0 Å². The van der Waals surface area contributed by atoms with Gasteiger partial charge in [0.25, 0.3) is 0 Å². The normalized spacial score (nSPS) is 12.5. The molecule has 0 bridgehead atoms. The van der Waals surface area contributed by atoms with Gasteiger partial charge in [-0.2, -0.15) is 0 Å². The Kier molecular flexibility index (Phi) is 5.30. The van der Waals surface area contributed by atoms with Gasteiger partial charge in [0.2, 0.25) is 0 Å². The number of unbranched alkanes of at least 4 members (excludes halogenated alkanes) is 1. The standard InChI is InChI=1S/C22H26F2N2/c1-5-6-7-17-18-12-15(25-4)9-11-19(18)26-22(17)14(3)16-10-8-13(2)20(23)21(16)24/h8-12,14,25-26H,5-7H2,1-4H3. The maximum Gasteiger partial charge on any atom is 0.162 e. The zero-order valence-electron chi connectivity index (χ0n) is 15.8. The molecule has 0 radical (unpaired) electrons. The Morgan fingerprint density at radius 2 is 1.88 bits per heavy atom. The number of halogens is 2. The van der Waals surface area contributed by atoms with Crippen LogP contribution in [0.4, 0.5) is 14.5 Å². The molecule has 4 heteroatoms. The fourth-order valence-electron chi connectivity index (χ4n) is 3.57. The van der Waals surface area contributed by atoms with Crippen LogP contribution in [-0.4, -0.2) is 12.0 Å². The van der Waals surface area contributed by atoms with E-state index in [4.69, 9.17) is 0 Å². The van der Waals surface area contributed by atoms with Crippen molar-refractivity contribution in [2.75, 3.05) is 12.4 Å². The minimum absolute atomic E-state index is 0.248. The van der Waals surface area contributed by atoms with Gasteiger partial charge in [-0.25, -0.2) is 8.78 Å². The average Bonchev–Trinajstić information content (AvgIpc) is 3.01. The third-order valence-electron chi connectivity index (χ3n) is 5.21. The fraction of sp³-hybridized carbons (Fsp3) is 0.364. The minimum Gasteiger partial charge on any atom is -0.388 e. The van der Waals surface area contributed by atoms with Crippen molar-refractivity contribution in [2.45, 2.75) is 46.0 Å². The SMILES string of the molecule is CCCCc1c(C(C)c2ccc(C)c(F)c2F)[nH]c2ccc(NC)cc12. The molecule has 1 heterocycles. The van der Waals surface area contributed by atoms with E-state index in [2.05, 4.69) is 23.3 Å². The monoisotopic (exact) mass is 356 g/mol. The van der Waals surface area contributed by atoms with Crippen molar-refractivity contribution in [3.8, 4) is 0 Å². The van der Waals surface area contributed by atoms with Gasteiger partial charge in [0.05, 0.1) is 0 Å². The first-order valence-corrected chi connectivity index (χ1v) is 9.24. The molecular weight excluding hydrogens is 330 g/mol. The summed E-state index contributed by atoms with van der Waals surface area (Å²) in [5.41, 5.74) is 4.98. The molecule has 2 aromatic carbocycles. The Morgan fingerprint density at radius 1 is 1.12 bits per heavy atom. The Hall–Kier alpha value is -2.36. The van der Waals surface area contributed by atoms with Gasteiger partial charge in [-0.1, -0.05) is 32.4 Å². The molecule has 138 valence electrons. The Balaban J connectivity index is 2.15. The highest BCUT2D eigenvalue weighted by molar-refractivity contribution is 5.88. The van der Waals surface area contributed by atoms with Gasteiger partial charge in [-0.15, -0.1) is 0 Å². The van der Waals surface area contributed by atoms with Crippen LogP contribution >= 0.6 is 0 Å². The smallest absolute Gasteiger partial charge is 0.162 e. The van der Waals surface area contributed by atoms with Crippen molar-refractivity contribution in [2.24, 2.45) is 0 Å². The van der Waals surface area contributed by atoms with Crippen LogP contribution in [0.2, 0.25) is 0 Å². The van der Waals surface area contributed by atoms with Gasteiger partial charge in [0.15, 0.2) is 11.6 Å². The van der Waals surface area contributed by atoms with E-state index in [1.54, 1.807) is 19.1 Å². The second-order valence-corrected chi connectivity index (χ2v) is 6.95. The minimum atomic E-state index is -0.752. The summed E-state index contributed by atoms with van der Waals surface area (Å²) >= 11 is 0. The highest BCUT2D eigenvalue weighted by atomic mass is 19.2. The van der Waals surface area contributed by atoms with Crippen LogP contribution in [0, 0.1) is 18.6 Å². The van der Waals surface area contributed by atoms with Crippen LogP contribution in [0.5, 0.6) is 0 Å². The third kappa shape index (κ3) is 3.20. The number of aromatic nitrogens is 1. The number of fused-ring (bicyclic) bond motifs is 1. The molecule has 2 nitrogen and oxygen atoms in total. The summed E-state index contributed by atoms with van der Waals surface area (Å²) in [5.74, 6) is -1.74. The number of aromatic amines is 1. The summed E-state index contributed by atoms with van der Waals surface area (Å²) in [4.78, 5) is 3.47. The lowest BCUT2D eigenvalue weighted by Gasteiger charge is -2.15. The number of H-pyrrole nitrogens is 1. The van der Waals surface area contributed by atoms with Crippen LogP contribution in [0.25, 0.3) is 10.9 Å². The van der Waals surface area contributed by atoms with Crippen molar-refractivity contribution < 1.29 is 8.78 Å². The van der Waals surface area contributed by atoms with Crippen molar-refractivity contribution >= 4 is 16.6 Å². The topological polar surface area (TPSA) is 27.8 Å². The molecule has 1 atom stereocenters. The Bertz CT molecular complexity index is 928. The molecule has 2 N–H and O–H groups in total. The van der Waals surface area contributed by atoms with E-state index < -0.39 is 11.6 Å². The molecule has 0 saturated heterocycles. The third-order valence-corrected chi connectivity index (χ3v) is 5.21. The molecule has 0 aliphatic carbocycles. The molecule has 1 aromatic heterocycles. The van der Waals surface area contributed by atoms with E-state index >= 15 is 0 Å². The number of rotatable bonds is 6. The van der Waals surface area contributed by atoms with Crippen LogP contribution in [-0.2, 0) is 6.42 Å². The largest absolute Gasteiger partial charge is 0.388 e. The predicted octanol–water partition coefficient (Wildman–Crippen LogP) is 6.29. The zero-order valence-corrected chi connectivity index (χ0v) is 15.8. The first kappa shape index (κ1) is 18.4. The summed E-state index contributed by atoms with van der Waals surface area (Å²) in [6, 6.07) is 9.53. The number of hydrogen-bond donors (Lipinski definition) is 2. The van der Waals surface area contributed by atoms with E-state index in [-0.39, 0.29) is 5.92 Å². The highest BCUT2D eigenvalue weighted by Crippen LogP contribution is 2.35. The second-order valence-electron chi connectivity index (χ2n) is 6.95. The summed E-state index contributed by atoms with van der Waals surface area (Å²) in [6.45, 7) is 5.68. The molecule has 0 fully saturated rings. The molecule has 1 unspecified atom stereocenters. The molecule has 0 saturated carbocycles. The highest BCUT2D eigenvalue weighted by Gasteiger charge is 2.22. The zero-order chi connectivity index (χ0) is 18.8. The summed E-state index contributed by atoms with van der Waals surface area (Å²) < 4.78 is 28.6. The number of anilines is 1. The summed E-state index contributed by atoms with van der Waals surface area (Å²) in [7, 11) is 1.90. The summed E-state index contributed by atoms with van der Waals surface area (Å²) in [6.07, 6.45) is 3.06. The average molecular weight is 356 g/mol. The van der Waals surface area contributed by atoms with Crippen LogP contribution in [0.3, 0.4) is 0 Å². The predicted molar refractivity (Wildman–Crippen MR) is 105 cm³/mol. The number of benzene rings is 2. The Labute approximate surface area is 153 Å². The Morgan fingerprint density at radius 3 is 2.58 bits per heavy atom. The molecule has 3 rings (SSSR count). The van der Waals surface area contributed by atoms with E-state index in [9.17, 15) is 8.78 Å². The van der Waals surface area contributed by atoms with Gasteiger partial charge in [-0.05, 0) is 54.7 Å². The van der Waals surface area contributed by atoms with Gasteiger partial charge >= 0.3 is 0 Å². The van der Waals surface area contributed by atoms with Gasteiger partial charge < -0.3 is 10.3 Å². The molecule has 0 spiro atoms. The first-order valence-electron chi connectivity index (χ1n) is 9.24. The van der Waals surface area contributed by atoms with E-state index in [1.807, 2.05) is 26.1 Å². The lowest BCUT2D eigenvalue weighted by atomic mass is 9.91. The first-order chi connectivity index (χ1) is 12.5. The van der Waals surface area contributed by atoms with Gasteiger partial charge in [0, 0.05) is 35.2 Å². The maximum absolute atomic E-state index is 14.6. The van der Waals surface area contributed by atoms with Crippen molar-refractivity contribution in [1.82, 2.24) is 4.98 Å². The quantitative estimate of drug-likeness (QED) is 0.533.